The molecule has 1 fully saturated rings. The Kier molecular flexibility index (Phi) is 3.30. The summed E-state index contributed by atoms with van der Waals surface area (Å²) in [5, 5.41) is 9.14. The number of allylic oxidation sites excluding steroid dienone is 1. The van der Waals surface area contributed by atoms with Crippen LogP contribution in [0.4, 0.5) is 0 Å². The number of nitrogens with zero attached hydrogens (tertiary/aromatic N) is 1. The first-order valence-electron chi connectivity index (χ1n) is 6.96. The van der Waals surface area contributed by atoms with Crippen LogP contribution in [0.2, 0.25) is 0 Å². The lowest BCUT2D eigenvalue weighted by Gasteiger charge is -2.23. The molecule has 1 aliphatic carbocycles. The summed E-state index contributed by atoms with van der Waals surface area (Å²) in [6, 6.07) is 7.38. The zero-order chi connectivity index (χ0) is 14.1. The van der Waals surface area contributed by atoms with Crippen LogP contribution in [-0.4, -0.2) is 34.5 Å². The summed E-state index contributed by atoms with van der Waals surface area (Å²) in [6.45, 7) is 0.563. The fraction of sp³-hybridized carbons (Fsp3) is 0.375. The van der Waals surface area contributed by atoms with E-state index in [1.165, 1.54) is 4.90 Å². The zero-order valence-corrected chi connectivity index (χ0v) is 11.2. The average Bonchev–Trinajstić information content (AvgIpc) is 3.06. The minimum atomic E-state index is -0.891. The van der Waals surface area contributed by atoms with Crippen LogP contribution in [0.1, 0.15) is 36.3 Å². The molecule has 1 amide bonds. The molecule has 0 spiro atoms. The highest BCUT2D eigenvalue weighted by Gasteiger charge is 2.35. The first-order valence-corrected chi connectivity index (χ1v) is 6.96. The summed E-state index contributed by atoms with van der Waals surface area (Å²) in [7, 11) is 0. The van der Waals surface area contributed by atoms with Gasteiger partial charge in [0.25, 0.3) is 0 Å². The normalized spacial score (nSPS) is 23.9. The fourth-order valence-electron chi connectivity index (χ4n) is 3.13. The van der Waals surface area contributed by atoms with Crippen LogP contribution in [0.15, 0.2) is 30.3 Å². The van der Waals surface area contributed by atoms with E-state index >= 15 is 0 Å². The molecule has 2 atom stereocenters. The van der Waals surface area contributed by atoms with Crippen LogP contribution in [0.5, 0.6) is 0 Å². The third-order valence-corrected chi connectivity index (χ3v) is 4.16. The second kappa shape index (κ2) is 5.12. The van der Waals surface area contributed by atoms with Crippen LogP contribution in [0.25, 0.3) is 6.08 Å². The SMILES string of the molecule is O=C(O)[C@@H]1CCCN1C(=O)CC1C=Cc2ccccc21. The average molecular weight is 271 g/mol. The predicted octanol–water partition coefficient (Wildman–Crippen LogP) is 2.26. The maximum atomic E-state index is 12.4. The molecule has 1 aromatic carbocycles. The number of likely N-dealkylation sites (tertiary alicyclic amines) is 1. The van der Waals surface area contributed by atoms with Crippen molar-refractivity contribution in [3.8, 4) is 0 Å². The Labute approximate surface area is 117 Å². The summed E-state index contributed by atoms with van der Waals surface area (Å²) >= 11 is 0. The Morgan fingerprint density at radius 2 is 2.10 bits per heavy atom. The van der Waals surface area contributed by atoms with Crippen molar-refractivity contribution >= 4 is 18.0 Å². The lowest BCUT2D eigenvalue weighted by molar-refractivity contribution is -0.148. The van der Waals surface area contributed by atoms with Crippen LogP contribution in [-0.2, 0) is 9.59 Å². The molecule has 0 radical (unpaired) electrons. The molecule has 3 rings (SSSR count). The minimum Gasteiger partial charge on any atom is -0.480 e. The number of benzene rings is 1. The van der Waals surface area contributed by atoms with Gasteiger partial charge in [0.15, 0.2) is 0 Å². The van der Waals surface area contributed by atoms with Gasteiger partial charge in [-0.3, -0.25) is 4.79 Å². The first-order chi connectivity index (χ1) is 9.66. The molecule has 2 aliphatic rings. The lowest BCUT2D eigenvalue weighted by Crippen LogP contribution is -2.40. The highest BCUT2D eigenvalue weighted by Crippen LogP contribution is 2.33. The van der Waals surface area contributed by atoms with Gasteiger partial charge in [-0.15, -0.1) is 0 Å². The smallest absolute Gasteiger partial charge is 0.326 e. The molecule has 0 aromatic heterocycles. The van der Waals surface area contributed by atoms with E-state index in [4.69, 9.17) is 5.11 Å². The Morgan fingerprint density at radius 1 is 1.30 bits per heavy atom. The van der Waals surface area contributed by atoms with Crippen LogP contribution >= 0.6 is 0 Å². The first kappa shape index (κ1) is 12.9. The second-order valence-electron chi connectivity index (χ2n) is 5.38. The number of fused-ring (bicyclic) bond motifs is 1. The van der Waals surface area contributed by atoms with Crippen molar-refractivity contribution in [2.75, 3.05) is 6.54 Å². The van der Waals surface area contributed by atoms with Crippen molar-refractivity contribution in [3.05, 3.63) is 41.5 Å². The van der Waals surface area contributed by atoms with Gasteiger partial charge in [-0.1, -0.05) is 36.4 Å². The maximum Gasteiger partial charge on any atom is 0.326 e. The van der Waals surface area contributed by atoms with Gasteiger partial charge in [-0.25, -0.2) is 4.79 Å². The van der Waals surface area contributed by atoms with Crippen molar-refractivity contribution in [1.82, 2.24) is 4.90 Å². The van der Waals surface area contributed by atoms with Crippen LogP contribution in [0.3, 0.4) is 0 Å². The number of hydrogen-bond acceptors (Lipinski definition) is 2. The van der Waals surface area contributed by atoms with Gasteiger partial charge in [0, 0.05) is 18.9 Å². The lowest BCUT2D eigenvalue weighted by atomic mass is 9.97. The number of hydrogen-bond donors (Lipinski definition) is 1. The van der Waals surface area contributed by atoms with Crippen molar-refractivity contribution in [1.29, 1.82) is 0 Å². The van der Waals surface area contributed by atoms with E-state index in [1.54, 1.807) is 0 Å². The monoisotopic (exact) mass is 271 g/mol. The van der Waals surface area contributed by atoms with Crippen molar-refractivity contribution in [2.24, 2.45) is 0 Å². The number of carbonyl (C=O) groups excluding carboxylic acids is 1. The van der Waals surface area contributed by atoms with Gasteiger partial charge in [0.2, 0.25) is 5.91 Å². The largest absolute Gasteiger partial charge is 0.480 e. The number of amides is 1. The van der Waals surface area contributed by atoms with Gasteiger partial charge < -0.3 is 10.0 Å². The number of rotatable bonds is 3. The van der Waals surface area contributed by atoms with E-state index in [0.29, 0.717) is 19.4 Å². The Morgan fingerprint density at radius 3 is 2.90 bits per heavy atom. The molecule has 4 nitrogen and oxygen atoms in total. The van der Waals surface area contributed by atoms with E-state index in [-0.39, 0.29) is 11.8 Å². The van der Waals surface area contributed by atoms with Gasteiger partial charge in [-0.2, -0.15) is 0 Å². The number of carboxylic acids is 1. The third kappa shape index (κ3) is 2.22. The molecule has 1 N–H and O–H groups in total. The summed E-state index contributed by atoms with van der Waals surface area (Å²) in [4.78, 5) is 25.0. The number of carboxylic acid groups (broad SMARTS) is 1. The quantitative estimate of drug-likeness (QED) is 0.917. The number of aliphatic carboxylic acids is 1. The molecule has 0 saturated carbocycles. The molecule has 4 heteroatoms. The minimum absolute atomic E-state index is 0.0544. The Hall–Kier alpha value is -2.10. The van der Waals surface area contributed by atoms with E-state index in [1.807, 2.05) is 36.4 Å². The van der Waals surface area contributed by atoms with Crippen molar-refractivity contribution in [2.45, 2.75) is 31.2 Å². The molecular formula is C16H17NO3. The van der Waals surface area contributed by atoms with E-state index in [9.17, 15) is 9.59 Å². The van der Waals surface area contributed by atoms with Crippen LogP contribution in [0, 0.1) is 0 Å². The summed E-state index contributed by atoms with van der Waals surface area (Å²) < 4.78 is 0. The predicted molar refractivity (Wildman–Crippen MR) is 75.2 cm³/mol. The van der Waals surface area contributed by atoms with Gasteiger partial charge in [0.05, 0.1) is 0 Å². The maximum absolute atomic E-state index is 12.4. The molecule has 1 unspecified atom stereocenters. The summed E-state index contributed by atoms with van der Waals surface area (Å²) in [5.74, 6) is -0.867. The number of carbonyl (C=O) groups is 2. The molecule has 104 valence electrons. The third-order valence-electron chi connectivity index (χ3n) is 4.16. The van der Waals surface area contributed by atoms with E-state index < -0.39 is 12.0 Å². The molecule has 0 bridgehead atoms. The van der Waals surface area contributed by atoms with Gasteiger partial charge in [0.1, 0.15) is 6.04 Å². The van der Waals surface area contributed by atoms with Crippen molar-refractivity contribution < 1.29 is 14.7 Å². The molecule has 1 saturated heterocycles. The Bertz CT molecular complexity index is 579. The van der Waals surface area contributed by atoms with Crippen LogP contribution < -0.4 is 0 Å². The van der Waals surface area contributed by atoms with E-state index in [0.717, 1.165) is 17.5 Å². The zero-order valence-electron chi connectivity index (χ0n) is 11.2. The highest BCUT2D eigenvalue weighted by atomic mass is 16.4. The van der Waals surface area contributed by atoms with Gasteiger partial charge >= 0.3 is 5.97 Å². The molecule has 1 heterocycles. The topological polar surface area (TPSA) is 57.6 Å². The molecule has 20 heavy (non-hydrogen) atoms. The fourth-order valence-corrected chi connectivity index (χ4v) is 3.13. The Balaban J connectivity index is 1.72. The molecule has 1 aliphatic heterocycles. The van der Waals surface area contributed by atoms with E-state index in [2.05, 4.69) is 0 Å². The van der Waals surface area contributed by atoms with Crippen molar-refractivity contribution in [3.63, 3.8) is 0 Å². The molecule has 1 aromatic rings. The summed E-state index contributed by atoms with van der Waals surface area (Å²) in [6.07, 6.45) is 5.77. The highest BCUT2D eigenvalue weighted by molar-refractivity contribution is 5.85. The standard InChI is InChI=1S/C16H17NO3/c18-15(17-9-3-6-14(17)16(19)20)10-12-8-7-11-4-1-2-5-13(11)12/h1-2,4-5,7-8,12,14H,3,6,9-10H2,(H,19,20)/t12?,14-/m0/s1. The van der Waals surface area contributed by atoms with Gasteiger partial charge in [-0.05, 0) is 24.0 Å². The summed E-state index contributed by atoms with van der Waals surface area (Å²) in [5.41, 5.74) is 2.31. The second-order valence-corrected chi connectivity index (χ2v) is 5.38. The molecular weight excluding hydrogens is 254 g/mol.